The molecule has 2 aromatic rings. The predicted octanol–water partition coefficient (Wildman–Crippen LogP) is 3.12. The van der Waals surface area contributed by atoms with Crippen molar-refractivity contribution in [2.75, 3.05) is 25.3 Å². The maximum Gasteiger partial charge on any atom is 0.228 e. The van der Waals surface area contributed by atoms with Gasteiger partial charge < -0.3 is 20.5 Å². The summed E-state index contributed by atoms with van der Waals surface area (Å²) in [6.45, 7) is 0. The third-order valence-corrected chi connectivity index (χ3v) is 3.34. The topological polar surface area (TPSA) is 73.6 Å². The highest BCUT2D eigenvalue weighted by atomic mass is 35.5. The molecule has 0 aromatic heterocycles. The average molecular weight is 321 g/mol. The summed E-state index contributed by atoms with van der Waals surface area (Å²) in [5, 5.41) is 3.28. The number of nitrogen functional groups attached to an aromatic ring is 1. The van der Waals surface area contributed by atoms with Gasteiger partial charge in [0, 0.05) is 5.02 Å². The molecule has 0 unspecified atom stereocenters. The van der Waals surface area contributed by atoms with E-state index in [0.717, 1.165) is 5.56 Å². The summed E-state index contributed by atoms with van der Waals surface area (Å²) in [5.41, 5.74) is 7.58. The molecule has 0 aliphatic carbocycles. The molecule has 5 nitrogen and oxygen atoms in total. The Bertz CT molecular complexity index is 689. The molecule has 22 heavy (non-hydrogen) atoms. The third kappa shape index (κ3) is 3.83. The Labute approximate surface area is 134 Å². The fourth-order valence-corrected chi connectivity index (χ4v) is 2.20. The first kappa shape index (κ1) is 16.0. The van der Waals surface area contributed by atoms with Gasteiger partial charge in [0.25, 0.3) is 0 Å². The number of nitrogens with two attached hydrogens (primary N) is 1. The first-order valence-electron chi connectivity index (χ1n) is 6.59. The summed E-state index contributed by atoms with van der Waals surface area (Å²) >= 11 is 5.83. The van der Waals surface area contributed by atoms with Crippen molar-refractivity contribution in [3.05, 3.63) is 47.0 Å². The van der Waals surface area contributed by atoms with Crippen molar-refractivity contribution >= 4 is 28.9 Å². The van der Waals surface area contributed by atoms with Crippen LogP contribution in [0.1, 0.15) is 5.56 Å². The lowest BCUT2D eigenvalue weighted by atomic mass is 10.1. The zero-order valence-corrected chi connectivity index (χ0v) is 13.1. The summed E-state index contributed by atoms with van der Waals surface area (Å²) < 4.78 is 10.4. The summed E-state index contributed by atoms with van der Waals surface area (Å²) in [6.07, 6.45) is 0.197. The molecular formula is C16H17ClN2O3. The van der Waals surface area contributed by atoms with E-state index < -0.39 is 0 Å². The van der Waals surface area contributed by atoms with Gasteiger partial charge >= 0.3 is 0 Å². The molecule has 116 valence electrons. The molecule has 0 fully saturated rings. The maximum absolute atomic E-state index is 12.1. The van der Waals surface area contributed by atoms with E-state index in [4.69, 9.17) is 26.8 Å². The van der Waals surface area contributed by atoms with E-state index in [1.807, 2.05) is 6.07 Å². The third-order valence-electron chi connectivity index (χ3n) is 3.10. The summed E-state index contributed by atoms with van der Waals surface area (Å²) in [7, 11) is 3.11. The molecule has 2 aromatic carbocycles. The van der Waals surface area contributed by atoms with Crippen molar-refractivity contribution in [1.29, 1.82) is 0 Å². The van der Waals surface area contributed by atoms with E-state index in [1.165, 1.54) is 0 Å². The molecule has 0 atom stereocenters. The minimum Gasteiger partial charge on any atom is -0.493 e. The number of benzene rings is 2. The number of nitrogens with one attached hydrogen (secondary N) is 1. The van der Waals surface area contributed by atoms with E-state index in [0.29, 0.717) is 27.9 Å². The molecule has 0 aliphatic rings. The highest BCUT2D eigenvalue weighted by molar-refractivity contribution is 6.31. The van der Waals surface area contributed by atoms with Gasteiger partial charge in [-0.25, -0.2) is 0 Å². The normalized spacial score (nSPS) is 10.1. The van der Waals surface area contributed by atoms with Crippen LogP contribution in [0.4, 0.5) is 11.4 Å². The number of anilines is 2. The van der Waals surface area contributed by atoms with Crippen LogP contribution in [0.15, 0.2) is 36.4 Å². The van der Waals surface area contributed by atoms with Crippen LogP contribution in [0.5, 0.6) is 11.5 Å². The van der Waals surface area contributed by atoms with Crippen molar-refractivity contribution in [3.8, 4) is 11.5 Å². The van der Waals surface area contributed by atoms with E-state index in [-0.39, 0.29) is 12.3 Å². The number of carbonyl (C=O) groups is 1. The zero-order valence-electron chi connectivity index (χ0n) is 12.4. The quantitative estimate of drug-likeness (QED) is 0.830. The van der Waals surface area contributed by atoms with E-state index in [9.17, 15) is 4.79 Å². The molecule has 0 saturated heterocycles. The predicted molar refractivity (Wildman–Crippen MR) is 87.7 cm³/mol. The van der Waals surface area contributed by atoms with Crippen LogP contribution >= 0.6 is 11.6 Å². The fourth-order valence-electron chi connectivity index (χ4n) is 2.02. The highest BCUT2D eigenvalue weighted by Gasteiger charge is 2.10. The van der Waals surface area contributed by atoms with Crippen LogP contribution in [0.2, 0.25) is 5.02 Å². The number of hydrogen-bond donors (Lipinski definition) is 2. The van der Waals surface area contributed by atoms with Crippen molar-refractivity contribution in [2.45, 2.75) is 6.42 Å². The fraction of sp³-hybridized carbons (Fsp3) is 0.188. The molecule has 0 radical (unpaired) electrons. The minimum absolute atomic E-state index is 0.179. The Morgan fingerprint density at radius 2 is 1.86 bits per heavy atom. The maximum atomic E-state index is 12.1. The van der Waals surface area contributed by atoms with Gasteiger partial charge in [-0.3, -0.25) is 4.79 Å². The average Bonchev–Trinajstić information content (AvgIpc) is 2.50. The lowest BCUT2D eigenvalue weighted by molar-refractivity contribution is -0.115. The van der Waals surface area contributed by atoms with Crippen molar-refractivity contribution in [3.63, 3.8) is 0 Å². The number of hydrogen-bond acceptors (Lipinski definition) is 4. The molecule has 6 heteroatoms. The molecule has 1 amide bonds. The van der Waals surface area contributed by atoms with Gasteiger partial charge in [0.1, 0.15) is 0 Å². The van der Waals surface area contributed by atoms with Crippen LogP contribution in [-0.4, -0.2) is 20.1 Å². The minimum atomic E-state index is -0.179. The van der Waals surface area contributed by atoms with Gasteiger partial charge in [0.15, 0.2) is 11.5 Å². The second kappa shape index (κ2) is 7.04. The first-order chi connectivity index (χ1) is 10.5. The number of methoxy groups -OCH3 is 2. The summed E-state index contributed by atoms with van der Waals surface area (Å²) in [4.78, 5) is 12.1. The second-order valence-corrected chi connectivity index (χ2v) is 5.08. The molecule has 0 aliphatic heterocycles. The number of rotatable bonds is 5. The van der Waals surface area contributed by atoms with Gasteiger partial charge in [-0.2, -0.15) is 0 Å². The largest absolute Gasteiger partial charge is 0.493 e. The molecule has 2 rings (SSSR count). The van der Waals surface area contributed by atoms with Crippen LogP contribution in [0.25, 0.3) is 0 Å². The Kier molecular flexibility index (Phi) is 5.12. The molecule has 0 heterocycles. The lowest BCUT2D eigenvalue weighted by Crippen LogP contribution is -2.15. The van der Waals surface area contributed by atoms with E-state index >= 15 is 0 Å². The number of amides is 1. The molecule has 0 bridgehead atoms. The van der Waals surface area contributed by atoms with Crippen molar-refractivity contribution in [2.24, 2.45) is 0 Å². The molecule has 3 N–H and O–H groups in total. The number of ether oxygens (including phenoxy) is 2. The second-order valence-electron chi connectivity index (χ2n) is 4.65. The Hall–Kier alpha value is -2.40. The van der Waals surface area contributed by atoms with Crippen LogP contribution in [-0.2, 0) is 11.2 Å². The first-order valence-corrected chi connectivity index (χ1v) is 6.97. The number of halogens is 1. The number of carbonyl (C=O) groups excluding carboxylic acids is 1. The SMILES string of the molecule is COc1ccc(CC(=O)Nc2ccc(Cl)cc2N)cc1OC. The monoisotopic (exact) mass is 320 g/mol. The Morgan fingerprint density at radius 3 is 2.50 bits per heavy atom. The zero-order chi connectivity index (χ0) is 16.1. The van der Waals surface area contributed by atoms with Crippen molar-refractivity contribution < 1.29 is 14.3 Å². The van der Waals surface area contributed by atoms with Gasteiger partial charge in [-0.05, 0) is 35.9 Å². The molecule has 0 saturated carbocycles. The van der Waals surface area contributed by atoms with Gasteiger partial charge in [0.05, 0.1) is 32.0 Å². The van der Waals surface area contributed by atoms with Gasteiger partial charge in [-0.15, -0.1) is 0 Å². The standard InChI is InChI=1S/C16H17ClN2O3/c1-21-14-6-3-10(7-15(14)22-2)8-16(20)19-13-5-4-11(17)9-12(13)18/h3-7,9H,8,18H2,1-2H3,(H,19,20). The van der Waals surface area contributed by atoms with Crippen LogP contribution < -0.4 is 20.5 Å². The summed E-state index contributed by atoms with van der Waals surface area (Å²) in [6, 6.07) is 10.3. The highest BCUT2D eigenvalue weighted by Crippen LogP contribution is 2.28. The molecular weight excluding hydrogens is 304 g/mol. The van der Waals surface area contributed by atoms with Crippen LogP contribution in [0.3, 0.4) is 0 Å². The van der Waals surface area contributed by atoms with Crippen LogP contribution in [0, 0.1) is 0 Å². The van der Waals surface area contributed by atoms with E-state index in [2.05, 4.69) is 5.32 Å². The molecule has 0 spiro atoms. The van der Waals surface area contributed by atoms with Crippen molar-refractivity contribution in [1.82, 2.24) is 0 Å². The Balaban J connectivity index is 2.08. The Morgan fingerprint density at radius 1 is 1.14 bits per heavy atom. The van der Waals surface area contributed by atoms with E-state index in [1.54, 1.807) is 44.6 Å². The lowest BCUT2D eigenvalue weighted by Gasteiger charge is -2.11. The smallest absolute Gasteiger partial charge is 0.228 e. The van der Waals surface area contributed by atoms with Gasteiger partial charge in [-0.1, -0.05) is 17.7 Å². The van der Waals surface area contributed by atoms with Gasteiger partial charge in [0.2, 0.25) is 5.91 Å². The summed E-state index contributed by atoms with van der Waals surface area (Å²) in [5.74, 6) is 1.02.